The summed E-state index contributed by atoms with van der Waals surface area (Å²) in [5.41, 5.74) is 1.30. The summed E-state index contributed by atoms with van der Waals surface area (Å²) in [7, 11) is 1.42. The van der Waals surface area contributed by atoms with Gasteiger partial charge in [-0.05, 0) is 53.9 Å². The standard InChI is InChI=1S/C17H21BrN2O5/c1-5-8(2)25-16(22)13-9(3)19-17(23)20-14(13)10-6-11(18)15(21)12(7-10)24-4/h6-8,14,21H,5H2,1-4H3,(H2,19,20,23). The zero-order chi connectivity index (χ0) is 18.7. The van der Waals surface area contributed by atoms with Gasteiger partial charge < -0.3 is 25.2 Å². The summed E-state index contributed by atoms with van der Waals surface area (Å²) in [4.78, 5) is 24.5. The highest BCUT2D eigenvalue weighted by atomic mass is 79.9. The highest BCUT2D eigenvalue weighted by Crippen LogP contribution is 2.39. The van der Waals surface area contributed by atoms with Gasteiger partial charge in [0.2, 0.25) is 0 Å². The number of phenolic OH excluding ortho intramolecular Hbond substituents is 1. The van der Waals surface area contributed by atoms with Gasteiger partial charge in [0.05, 0.1) is 29.3 Å². The first-order chi connectivity index (χ1) is 11.8. The maximum absolute atomic E-state index is 12.6. The molecule has 1 aromatic carbocycles. The quantitative estimate of drug-likeness (QED) is 0.645. The monoisotopic (exact) mass is 412 g/mol. The van der Waals surface area contributed by atoms with Crippen molar-refractivity contribution < 1.29 is 24.2 Å². The van der Waals surface area contributed by atoms with Gasteiger partial charge in [-0.2, -0.15) is 0 Å². The van der Waals surface area contributed by atoms with Crippen LogP contribution in [0, 0.1) is 0 Å². The molecule has 136 valence electrons. The van der Waals surface area contributed by atoms with Crippen LogP contribution in [0.3, 0.4) is 0 Å². The molecule has 1 aliphatic rings. The molecule has 0 aromatic heterocycles. The number of urea groups is 1. The van der Waals surface area contributed by atoms with Crippen LogP contribution in [0.2, 0.25) is 0 Å². The van der Waals surface area contributed by atoms with Crippen LogP contribution < -0.4 is 15.4 Å². The second-order valence-electron chi connectivity index (χ2n) is 5.75. The van der Waals surface area contributed by atoms with Crippen LogP contribution in [0.1, 0.15) is 38.8 Å². The van der Waals surface area contributed by atoms with E-state index in [2.05, 4.69) is 26.6 Å². The van der Waals surface area contributed by atoms with E-state index in [-0.39, 0.29) is 17.6 Å². The molecule has 0 aliphatic carbocycles. The van der Waals surface area contributed by atoms with E-state index in [0.717, 1.165) is 0 Å². The van der Waals surface area contributed by atoms with Crippen molar-refractivity contribution in [1.82, 2.24) is 10.6 Å². The minimum atomic E-state index is -0.726. The lowest BCUT2D eigenvalue weighted by Crippen LogP contribution is -2.45. The van der Waals surface area contributed by atoms with Gasteiger partial charge in [-0.1, -0.05) is 6.92 Å². The Morgan fingerprint density at radius 3 is 2.72 bits per heavy atom. The Kier molecular flexibility index (Phi) is 5.94. The number of hydrogen-bond donors (Lipinski definition) is 3. The number of allylic oxidation sites excluding steroid dienone is 1. The molecular formula is C17H21BrN2O5. The van der Waals surface area contributed by atoms with E-state index in [9.17, 15) is 14.7 Å². The summed E-state index contributed by atoms with van der Waals surface area (Å²) < 4.78 is 11.0. The molecule has 1 heterocycles. The molecule has 0 saturated carbocycles. The Morgan fingerprint density at radius 1 is 1.44 bits per heavy atom. The fourth-order valence-electron chi connectivity index (χ4n) is 2.46. The number of benzene rings is 1. The number of rotatable bonds is 5. The number of halogens is 1. The Balaban J connectivity index is 2.49. The van der Waals surface area contributed by atoms with Gasteiger partial charge in [0, 0.05) is 5.70 Å². The Morgan fingerprint density at radius 2 is 2.12 bits per heavy atom. The van der Waals surface area contributed by atoms with Crippen LogP contribution >= 0.6 is 15.9 Å². The van der Waals surface area contributed by atoms with Crippen LogP contribution in [0.4, 0.5) is 4.79 Å². The van der Waals surface area contributed by atoms with Crippen molar-refractivity contribution in [2.45, 2.75) is 39.3 Å². The van der Waals surface area contributed by atoms with E-state index in [1.807, 2.05) is 6.92 Å². The third-order valence-electron chi connectivity index (χ3n) is 3.98. The van der Waals surface area contributed by atoms with Gasteiger partial charge in [0.1, 0.15) is 0 Å². The average Bonchev–Trinajstić information content (AvgIpc) is 2.56. The summed E-state index contributed by atoms with van der Waals surface area (Å²) in [5.74, 6) is -0.340. The first kappa shape index (κ1) is 19.1. The van der Waals surface area contributed by atoms with E-state index < -0.39 is 18.0 Å². The minimum absolute atomic E-state index is 0.0593. The lowest BCUT2D eigenvalue weighted by atomic mass is 9.95. The van der Waals surface area contributed by atoms with Crippen molar-refractivity contribution in [1.29, 1.82) is 0 Å². The van der Waals surface area contributed by atoms with Crippen molar-refractivity contribution in [3.05, 3.63) is 33.4 Å². The predicted molar refractivity (Wildman–Crippen MR) is 95.3 cm³/mol. The van der Waals surface area contributed by atoms with Crippen LogP contribution in [-0.4, -0.2) is 30.3 Å². The average molecular weight is 413 g/mol. The molecule has 7 nitrogen and oxygen atoms in total. The molecule has 2 unspecified atom stereocenters. The smallest absolute Gasteiger partial charge is 0.338 e. The van der Waals surface area contributed by atoms with Gasteiger partial charge >= 0.3 is 12.0 Å². The Hall–Kier alpha value is -2.22. The molecule has 25 heavy (non-hydrogen) atoms. The molecule has 1 aliphatic heterocycles. The van der Waals surface area contributed by atoms with Gasteiger partial charge in [-0.3, -0.25) is 0 Å². The molecular weight excluding hydrogens is 392 g/mol. The van der Waals surface area contributed by atoms with E-state index in [1.165, 1.54) is 7.11 Å². The minimum Gasteiger partial charge on any atom is -0.503 e. The third-order valence-corrected chi connectivity index (χ3v) is 4.58. The van der Waals surface area contributed by atoms with Gasteiger partial charge in [0.15, 0.2) is 11.5 Å². The molecule has 3 N–H and O–H groups in total. The van der Waals surface area contributed by atoms with Crippen LogP contribution in [-0.2, 0) is 9.53 Å². The number of hydrogen-bond acceptors (Lipinski definition) is 5. The summed E-state index contributed by atoms with van der Waals surface area (Å²) in [6.07, 6.45) is 0.438. The molecule has 2 rings (SSSR count). The first-order valence-corrected chi connectivity index (χ1v) is 8.63. The number of ether oxygens (including phenoxy) is 2. The molecule has 0 spiro atoms. The number of aromatic hydroxyl groups is 1. The fraction of sp³-hybridized carbons (Fsp3) is 0.412. The maximum Gasteiger partial charge on any atom is 0.338 e. The second-order valence-corrected chi connectivity index (χ2v) is 6.60. The summed E-state index contributed by atoms with van der Waals surface area (Å²) in [6, 6.07) is 2.04. The highest BCUT2D eigenvalue weighted by molar-refractivity contribution is 9.10. The number of methoxy groups -OCH3 is 1. The Bertz CT molecular complexity index is 732. The number of nitrogens with one attached hydrogen (secondary N) is 2. The van der Waals surface area contributed by atoms with E-state index in [4.69, 9.17) is 9.47 Å². The lowest BCUT2D eigenvalue weighted by molar-refractivity contribution is -0.144. The topological polar surface area (TPSA) is 96.9 Å². The predicted octanol–water partition coefficient (Wildman–Crippen LogP) is 3.13. The van der Waals surface area contributed by atoms with Crippen molar-refractivity contribution in [2.24, 2.45) is 0 Å². The SMILES string of the molecule is CCC(C)OC(=O)C1=C(C)NC(=O)NC1c1cc(Br)c(O)c(OC)c1. The fourth-order valence-corrected chi connectivity index (χ4v) is 2.92. The lowest BCUT2D eigenvalue weighted by Gasteiger charge is -2.29. The molecule has 0 bridgehead atoms. The zero-order valence-corrected chi connectivity index (χ0v) is 16.1. The van der Waals surface area contributed by atoms with Crippen molar-refractivity contribution in [3.63, 3.8) is 0 Å². The normalized spacial score (nSPS) is 18.3. The van der Waals surface area contributed by atoms with Crippen molar-refractivity contribution in [3.8, 4) is 11.5 Å². The number of carbonyl (C=O) groups is 2. The Labute approximate surface area is 154 Å². The number of carbonyl (C=O) groups excluding carboxylic acids is 2. The van der Waals surface area contributed by atoms with E-state index in [0.29, 0.717) is 27.7 Å². The number of phenols is 1. The summed E-state index contributed by atoms with van der Waals surface area (Å²) in [5, 5.41) is 15.3. The molecule has 2 amide bonds. The van der Waals surface area contributed by atoms with Crippen LogP contribution in [0.15, 0.2) is 27.9 Å². The largest absolute Gasteiger partial charge is 0.503 e. The summed E-state index contributed by atoms with van der Waals surface area (Å²) in [6.45, 7) is 5.36. The highest BCUT2D eigenvalue weighted by Gasteiger charge is 2.33. The zero-order valence-electron chi connectivity index (χ0n) is 14.5. The third kappa shape index (κ3) is 4.07. The van der Waals surface area contributed by atoms with Crippen molar-refractivity contribution >= 4 is 27.9 Å². The van der Waals surface area contributed by atoms with Crippen molar-refractivity contribution in [2.75, 3.05) is 7.11 Å². The van der Waals surface area contributed by atoms with Crippen LogP contribution in [0.25, 0.3) is 0 Å². The van der Waals surface area contributed by atoms with E-state index in [1.54, 1.807) is 26.0 Å². The van der Waals surface area contributed by atoms with Gasteiger partial charge in [0.25, 0.3) is 0 Å². The maximum atomic E-state index is 12.6. The van der Waals surface area contributed by atoms with Gasteiger partial charge in [-0.25, -0.2) is 9.59 Å². The summed E-state index contributed by atoms with van der Waals surface area (Å²) >= 11 is 3.25. The first-order valence-electron chi connectivity index (χ1n) is 7.84. The molecule has 0 fully saturated rings. The molecule has 1 aromatic rings. The number of amides is 2. The molecule has 0 saturated heterocycles. The molecule has 8 heteroatoms. The van der Waals surface area contributed by atoms with Gasteiger partial charge in [-0.15, -0.1) is 0 Å². The number of esters is 1. The molecule has 0 radical (unpaired) electrons. The van der Waals surface area contributed by atoms with Crippen LogP contribution in [0.5, 0.6) is 11.5 Å². The second kappa shape index (κ2) is 7.77. The molecule has 2 atom stereocenters. The van der Waals surface area contributed by atoms with E-state index >= 15 is 0 Å².